The van der Waals surface area contributed by atoms with E-state index in [-0.39, 0.29) is 0 Å². The third-order valence-corrected chi connectivity index (χ3v) is 5.54. The maximum atomic E-state index is 6.40. The van der Waals surface area contributed by atoms with Crippen LogP contribution in [0.25, 0.3) is 0 Å². The molecule has 2 nitrogen and oxygen atoms in total. The summed E-state index contributed by atoms with van der Waals surface area (Å²) in [7, 11) is -2.93. The third kappa shape index (κ3) is 7.07. The van der Waals surface area contributed by atoms with E-state index in [1.165, 1.54) is 32.1 Å². The first-order valence-electron chi connectivity index (χ1n) is 7.96. The predicted octanol–water partition coefficient (Wildman–Crippen LogP) is 5.03. The van der Waals surface area contributed by atoms with Crippen LogP contribution in [0, 0.1) is 5.92 Å². The summed E-state index contributed by atoms with van der Waals surface area (Å²) >= 11 is 0. The van der Waals surface area contributed by atoms with E-state index < -0.39 is 16.6 Å². The Kier molecular flexibility index (Phi) is 6.30. The lowest BCUT2D eigenvalue weighted by Gasteiger charge is -2.31. The minimum Gasteiger partial charge on any atom is -0.412 e. The number of hydrogen-bond acceptors (Lipinski definition) is 2. The SMILES string of the molecule is CCCCC1CC(O[Si](C)(C)C)C(O[Si](C)(C)C)C1. The van der Waals surface area contributed by atoms with Crippen LogP contribution in [0.5, 0.6) is 0 Å². The average Bonchev–Trinajstić information content (AvgIpc) is 2.52. The maximum absolute atomic E-state index is 6.40. The van der Waals surface area contributed by atoms with Gasteiger partial charge in [0.05, 0.1) is 12.2 Å². The number of rotatable bonds is 7. The van der Waals surface area contributed by atoms with Crippen LogP contribution in [0.1, 0.15) is 39.0 Å². The first kappa shape index (κ1) is 17.4. The molecule has 1 rings (SSSR count). The van der Waals surface area contributed by atoms with Crippen LogP contribution in [0.15, 0.2) is 0 Å². The molecule has 0 N–H and O–H groups in total. The molecule has 0 heterocycles. The van der Waals surface area contributed by atoms with Crippen molar-refractivity contribution in [1.29, 1.82) is 0 Å². The van der Waals surface area contributed by atoms with E-state index in [1.807, 2.05) is 0 Å². The molecule has 0 aliphatic heterocycles. The van der Waals surface area contributed by atoms with Crippen molar-refractivity contribution < 1.29 is 8.85 Å². The van der Waals surface area contributed by atoms with Gasteiger partial charge >= 0.3 is 0 Å². The lowest BCUT2D eigenvalue weighted by Crippen LogP contribution is -2.41. The monoisotopic (exact) mass is 302 g/mol. The van der Waals surface area contributed by atoms with Gasteiger partial charge in [-0.2, -0.15) is 0 Å². The molecule has 2 unspecified atom stereocenters. The molecule has 1 aliphatic carbocycles. The van der Waals surface area contributed by atoms with Gasteiger partial charge in [-0.25, -0.2) is 0 Å². The second kappa shape index (κ2) is 6.88. The maximum Gasteiger partial charge on any atom is 0.184 e. The third-order valence-electron chi connectivity index (χ3n) is 3.52. The summed E-state index contributed by atoms with van der Waals surface area (Å²) in [5.74, 6) is 0.822. The lowest BCUT2D eigenvalue weighted by atomic mass is 10.0. The van der Waals surface area contributed by atoms with Crippen LogP contribution in [-0.2, 0) is 8.85 Å². The van der Waals surface area contributed by atoms with Crippen molar-refractivity contribution >= 4 is 16.6 Å². The molecule has 0 radical (unpaired) electrons. The van der Waals surface area contributed by atoms with E-state index in [9.17, 15) is 0 Å². The van der Waals surface area contributed by atoms with Crippen LogP contribution >= 0.6 is 0 Å². The van der Waals surface area contributed by atoms with Gasteiger partial charge in [0.2, 0.25) is 0 Å². The molecule has 1 fully saturated rings. The molecule has 2 atom stereocenters. The molecule has 0 aromatic carbocycles. The molecular formula is C15H34O2Si2. The molecule has 19 heavy (non-hydrogen) atoms. The highest BCUT2D eigenvalue weighted by Crippen LogP contribution is 2.36. The van der Waals surface area contributed by atoms with Crippen molar-refractivity contribution in [3.63, 3.8) is 0 Å². The largest absolute Gasteiger partial charge is 0.412 e. The molecule has 1 aliphatic rings. The normalized spacial score (nSPS) is 28.9. The van der Waals surface area contributed by atoms with Crippen molar-refractivity contribution in [1.82, 2.24) is 0 Å². The molecule has 0 aromatic heterocycles. The van der Waals surface area contributed by atoms with E-state index >= 15 is 0 Å². The summed E-state index contributed by atoms with van der Waals surface area (Å²) in [5.41, 5.74) is 0. The molecule has 0 spiro atoms. The Morgan fingerprint density at radius 3 is 1.58 bits per heavy atom. The second-order valence-corrected chi connectivity index (χ2v) is 16.9. The van der Waals surface area contributed by atoms with Crippen LogP contribution in [-0.4, -0.2) is 28.8 Å². The highest BCUT2D eigenvalue weighted by molar-refractivity contribution is 6.70. The quantitative estimate of drug-likeness (QED) is 0.614. The van der Waals surface area contributed by atoms with E-state index in [1.54, 1.807) is 0 Å². The van der Waals surface area contributed by atoms with Gasteiger partial charge in [0, 0.05) is 0 Å². The minimum atomic E-state index is -1.46. The summed E-state index contributed by atoms with van der Waals surface area (Å²) < 4.78 is 12.8. The molecule has 0 saturated heterocycles. The first-order valence-corrected chi connectivity index (χ1v) is 14.8. The van der Waals surface area contributed by atoms with Gasteiger partial charge in [-0.1, -0.05) is 26.2 Å². The van der Waals surface area contributed by atoms with Crippen LogP contribution < -0.4 is 0 Å². The zero-order chi connectivity index (χ0) is 14.7. The van der Waals surface area contributed by atoms with Crippen LogP contribution in [0.2, 0.25) is 39.3 Å². The Bertz CT molecular complexity index is 244. The van der Waals surface area contributed by atoms with Gasteiger partial charge in [0.1, 0.15) is 0 Å². The molecule has 114 valence electrons. The van der Waals surface area contributed by atoms with Crippen molar-refractivity contribution in [3.05, 3.63) is 0 Å². The molecular weight excluding hydrogens is 268 g/mol. The second-order valence-electron chi connectivity index (χ2n) is 8.02. The summed E-state index contributed by atoms with van der Waals surface area (Å²) in [6.45, 7) is 16.0. The molecule has 0 aromatic rings. The summed E-state index contributed by atoms with van der Waals surface area (Å²) in [5, 5.41) is 0. The fourth-order valence-electron chi connectivity index (χ4n) is 2.94. The standard InChI is InChI=1S/C15H34O2Si2/c1-8-9-10-13-11-14(16-18(2,3)4)15(12-13)17-19(5,6)7/h13-15H,8-12H2,1-7H3. The predicted molar refractivity (Wildman–Crippen MR) is 88.7 cm³/mol. The molecule has 0 bridgehead atoms. The summed E-state index contributed by atoms with van der Waals surface area (Å²) in [6, 6.07) is 0. The zero-order valence-electron chi connectivity index (χ0n) is 14.1. The van der Waals surface area contributed by atoms with E-state index in [4.69, 9.17) is 8.85 Å². The fraction of sp³-hybridized carbons (Fsp3) is 1.00. The average molecular weight is 303 g/mol. The Morgan fingerprint density at radius 2 is 1.26 bits per heavy atom. The Balaban J connectivity index is 2.62. The van der Waals surface area contributed by atoms with Gasteiger partial charge in [-0.05, 0) is 58.0 Å². The Morgan fingerprint density at radius 1 is 0.842 bits per heavy atom. The lowest BCUT2D eigenvalue weighted by molar-refractivity contribution is 0.0679. The molecule has 1 saturated carbocycles. The topological polar surface area (TPSA) is 18.5 Å². The first-order chi connectivity index (χ1) is 8.61. The van der Waals surface area contributed by atoms with Gasteiger partial charge < -0.3 is 8.85 Å². The van der Waals surface area contributed by atoms with Crippen LogP contribution in [0.4, 0.5) is 0 Å². The Hall–Kier alpha value is 0.354. The van der Waals surface area contributed by atoms with Crippen LogP contribution in [0.3, 0.4) is 0 Å². The highest BCUT2D eigenvalue weighted by atomic mass is 28.4. The van der Waals surface area contributed by atoms with Gasteiger partial charge in [0.25, 0.3) is 0 Å². The van der Waals surface area contributed by atoms with Crippen molar-refractivity contribution in [2.75, 3.05) is 0 Å². The minimum absolute atomic E-state index is 0.361. The van der Waals surface area contributed by atoms with Crippen molar-refractivity contribution in [3.8, 4) is 0 Å². The van der Waals surface area contributed by atoms with E-state index in [0.29, 0.717) is 12.2 Å². The Labute approximate surface area is 122 Å². The van der Waals surface area contributed by atoms with Gasteiger partial charge in [-0.3, -0.25) is 0 Å². The molecule has 0 amide bonds. The zero-order valence-corrected chi connectivity index (χ0v) is 16.1. The highest BCUT2D eigenvalue weighted by Gasteiger charge is 2.39. The summed E-state index contributed by atoms with van der Waals surface area (Å²) in [4.78, 5) is 0. The van der Waals surface area contributed by atoms with Gasteiger partial charge in [0.15, 0.2) is 16.6 Å². The number of unbranched alkanes of at least 4 members (excludes halogenated alkanes) is 1. The number of hydrogen-bond donors (Lipinski definition) is 0. The van der Waals surface area contributed by atoms with E-state index in [0.717, 1.165) is 5.92 Å². The summed E-state index contributed by atoms with van der Waals surface area (Å²) in [6.07, 6.45) is 7.17. The fourth-order valence-corrected chi connectivity index (χ4v) is 5.25. The van der Waals surface area contributed by atoms with Crippen molar-refractivity contribution in [2.45, 2.75) is 90.5 Å². The van der Waals surface area contributed by atoms with Crippen molar-refractivity contribution in [2.24, 2.45) is 5.92 Å². The van der Waals surface area contributed by atoms with E-state index in [2.05, 4.69) is 46.2 Å². The smallest absolute Gasteiger partial charge is 0.184 e. The van der Waals surface area contributed by atoms with Gasteiger partial charge in [-0.15, -0.1) is 0 Å². The molecule has 4 heteroatoms.